The van der Waals surface area contributed by atoms with Crippen LogP contribution in [0.5, 0.6) is 0 Å². The van der Waals surface area contributed by atoms with Gasteiger partial charge in [-0.25, -0.2) is 0 Å². The molecule has 1 aromatic rings. The molecule has 0 spiro atoms. The van der Waals surface area contributed by atoms with Crippen LogP contribution >= 0.6 is 15.9 Å². The highest BCUT2D eigenvalue weighted by Crippen LogP contribution is 2.46. The number of pyridine rings is 1. The highest BCUT2D eigenvalue weighted by Gasteiger charge is 2.41. The van der Waals surface area contributed by atoms with E-state index < -0.39 is 0 Å². The lowest BCUT2D eigenvalue weighted by molar-refractivity contribution is 0.567. The predicted molar refractivity (Wildman–Crippen MR) is 69.2 cm³/mol. The third-order valence-corrected chi connectivity index (χ3v) is 4.10. The maximum absolute atomic E-state index is 5.96. The zero-order chi connectivity index (χ0) is 11.1. The quantitative estimate of drug-likeness (QED) is 0.892. The minimum absolute atomic E-state index is 0.626. The summed E-state index contributed by atoms with van der Waals surface area (Å²) in [6.45, 7) is 0. The van der Waals surface area contributed by atoms with Gasteiger partial charge in [0.1, 0.15) is 0 Å². The Morgan fingerprint density at radius 3 is 2.38 bits per heavy atom. The van der Waals surface area contributed by atoms with E-state index in [1.807, 2.05) is 0 Å². The lowest BCUT2D eigenvalue weighted by Crippen LogP contribution is -2.25. The van der Waals surface area contributed by atoms with Crippen molar-refractivity contribution in [3.05, 3.63) is 16.9 Å². The summed E-state index contributed by atoms with van der Waals surface area (Å²) in [5.74, 6) is 1.74. The number of hydrogen-bond donors (Lipinski definition) is 2. The molecule has 3 nitrogen and oxygen atoms in total. The van der Waals surface area contributed by atoms with Crippen molar-refractivity contribution >= 4 is 27.3 Å². The van der Waals surface area contributed by atoms with Gasteiger partial charge in [-0.05, 0) is 53.4 Å². The van der Waals surface area contributed by atoms with Crippen LogP contribution in [0.3, 0.4) is 0 Å². The number of nitrogens with zero attached hydrogens (tertiary/aromatic N) is 1. The third-order valence-electron chi connectivity index (χ3n) is 3.50. The maximum atomic E-state index is 5.96. The summed E-state index contributed by atoms with van der Waals surface area (Å²) in [6.07, 6.45) is 9.00. The number of anilines is 2. The lowest BCUT2D eigenvalue weighted by Gasteiger charge is -2.21. The molecule has 1 aromatic heterocycles. The van der Waals surface area contributed by atoms with Crippen molar-refractivity contribution in [3.8, 4) is 0 Å². The molecule has 2 saturated carbocycles. The molecule has 0 unspecified atom stereocenters. The Labute approximate surface area is 104 Å². The highest BCUT2D eigenvalue weighted by atomic mass is 79.9. The van der Waals surface area contributed by atoms with Crippen molar-refractivity contribution in [2.24, 2.45) is 11.8 Å². The van der Waals surface area contributed by atoms with Crippen LogP contribution in [0.2, 0.25) is 0 Å². The van der Waals surface area contributed by atoms with Crippen molar-refractivity contribution in [2.45, 2.75) is 31.7 Å². The Morgan fingerprint density at radius 1 is 1.25 bits per heavy atom. The summed E-state index contributed by atoms with van der Waals surface area (Å²) in [6, 6.07) is 0.626. The van der Waals surface area contributed by atoms with Crippen molar-refractivity contribution in [1.29, 1.82) is 0 Å². The van der Waals surface area contributed by atoms with Gasteiger partial charge in [-0.1, -0.05) is 0 Å². The SMILES string of the molecule is Nc1cncc(Br)c1NC(C1CC1)C1CC1. The van der Waals surface area contributed by atoms with E-state index in [0.29, 0.717) is 6.04 Å². The van der Waals surface area contributed by atoms with Gasteiger partial charge >= 0.3 is 0 Å². The molecule has 0 bridgehead atoms. The molecule has 0 aliphatic heterocycles. The largest absolute Gasteiger partial charge is 0.396 e. The fourth-order valence-corrected chi connectivity index (χ4v) is 2.76. The van der Waals surface area contributed by atoms with Gasteiger partial charge < -0.3 is 11.1 Å². The molecule has 0 radical (unpaired) electrons. The van der Waals surface area contributed by atoms with Gasteiger partial charge in [-0.15, -0.1) is 0 Å². The zero-order valence-corrected chi connectivity index (χ0v) is 10.7. The van der Waals surface area contributed by atoms with Crippen LogP contribution in [0.1, 0.15) is 25.7 Å². The fraction of sp³-hybridized carbons (Fsp3) is 0.583. The fourth-order valence-electron chi connectivity index (χ4n) is 2.30. The van der Waals surface area contributed by atoms with E-state index >= 15 is 0 Å². The molecule has 2 aliphatic rings. The molecule has 0 saturated heterocycles. The van der Waals surface area contributed by atoms with Crippen LogP contribution in [0, 0.1) is 11.8 Å². The number of halogens is 1. The van der Waals surface area contributed by atoms with Crippen molar-refractivity contribution < 1.29 is 0 Å². The topological polar surface area (TPSA) is 50.9 Å². The van der Waals surface area contributed by atoms with Gasteiger partial charge in [0, 0.05) is 12.2 Å². The Balaban J connectivity index is 1.81. The first-order chi connectivity index (χ1) is 7.75. The molecule has 0 aromatic carbocycles. The van der Waals surface area contributed by atoms with Crippen molar-refractivity contribution in [1.82, 2.24) is 4.98 Å². The summed E-state index contributed by atoms with van der Waals surface area (Å²) in [5, 5.41) is 3.63. The lowest BCUT2D eigenvalue weighted by atomic mass is 10.1. The molecule has 3 N–H and O–H groups in total. The molecule has 1 heterocycles. The Kier molecular flexibility index (Phi) is 2.54. The van der Waals surface area contributed by atoms with E-state index in [9.17, 15) is 0 Å². The molecule has 0 atom stereocenters. The first-order valence-corrected chi connectivity index (χ1v) is 6.70. The Bertz CT molecular complexity index is 367. The number of nitrogens with one attached hydrogen (secondary N) is 1. The molecule has 16 heavy (non-hydrogen) atoms. The van der Waals surface area contributed by atoms with Crippen molar-refractivity contribution in [2.75, 3.05) is 11.1 Å². The summed E-state index contributed by atoms with van der Waals surface area (Å²) < 4.78 is 0.971. The van der Waals surface area contributed by atoms with Crippen molar-refractivity contribution in [3.63, 3.8) is 0 Å². The van der Waals surface area contributed by atoms with E-state index in [-0.39, 0.29) is 0 Å². The second-order valence-corrected chi connectivity index (χ2v) is 5.78. The molecule has 3 rings (SSSR count). The predicted octanol–water partition coefficient (Wildman–Crippen LogP) is 3.03. The van der Waals surface area contributed by atoms with Crippen LogP contribution in [0.4, 0.5) is 11.4 Å². The number of nitrogens with two attached hydrogens (primary N) is 1. The standard InChI is InChI=1S/C12H16BrN3/c13-9-5-15-6-10(14)12(9)16-11(7-1-2-7)8-3-4-8/h5-8,11H,1-4,14H2,(H,15,16). The van der Waals surface area contributed by atoms with Crippen LogP contribution in [-0.2, 0) is 0 Å². The number of nitrogen functional groups attached to an aromatic ring is 1. The Morgan fingerprint density at radius 2 is 1.88 bits per heavy atom. The summed E-state index contributed by atoms with van der Waals surface area (Å²) in [4.78, 5) is 4.06. The van der Waals surface area contributed by atoms with Crippen LogP contribution in [-0.4, -0.2) is 11.0 Å². The van der Waals surface area contributed by atoms with Gasteiger partial charge in [-0.3, -0.25) is 4.98 Å². The zero-order valence-electron chi connectivity index (χ0n) is 9.12. The molecule has 2 fully saturated rings. The van der Waals surface area contributed by atoms with Crippen LogP contribution in [0.15, 0.2) is 16.9 Å². The minimum atomic E-state index is 0.626. The van der Waals surface area contributed by atoms with E-state index in [2.05, 4.69) is 26.2 Å². The Hall–Kier alpha value is -0.770. The maximum Gasteiger partial charge on any atom is 0.0752 e. The molecular weight excluding hydrogens is 266 g/mol. The van der Waals surface area contributed by atoms with Gasteiger partial charge in [0.15, 0.2) is 0 Å². The van der Waals surface area contributed by atoms with E-state index in [4.69, 9.17) is 5.73 Å². The normalized spacial score (nSPS) is 20.1. The van der Waals surface area contributed by atoms with Gasteiger partial charge in [0.05, 0.1) is 22.0 Å². The second kappa shape index (κ2) is 3.91. The smallest absolute Gasteiger partial charge is 0.0752 e. The average molecular weight is 282 g/mol. The summed E-state index contributed by atoms with van der Waals surface area (Å²) >= 11 is 3.51. The second-order valence-electron chi connectivity index (χ2n) is 4.93. The third kappa shape index (κ3) is 2.03. The van der Waals surface area contributed by atoms with Gasteiger partial charge in [0.2, 0.25) is 0 Å². The van der Waals surface area contributed by atoms with Crippen LogP contribution in [0.25, 0.3) is 0 Å². The average Bonchev–Trinajstić information content (AvgIpc) is 3.12. The first kappa shape index (κ1) is 10.4. The van der Waals surface area contributed by atoms with E-state index in [1.54, 1.807) is 12.4 Å². The van der Waals surface area contributed by atoms with Gasteiger partial charge in [-0.2, -0.15) is 0 Å². The number of rotatable bonds is 4. The molecule has 86 valence electrons. The number of aromatic nitrogens is 1. The summed E-state index contributed by atoms with van der Waals surface area (Å²) in [5.41, 5.74) is 7.72. The van der Waals surface area contributed by atoms with E-state index in [1.165, 1.54) is 25.7 Å². The summed E-state index contributed by atoms with van der Waals surface area (Å²) in [7, 11) is 0. The number of hydrogen-bond acceptors (Lipinski definition) is 3. The van der Waals surface area contributed by atoms with E-state index in [0.717, 1.165) is 27.7 Å². The molecular formula is C12H16BrN3. The minimum Gasteiger partial charge on any atom is -0.396 e. The molecule has 0 amide bonds. The molecule has 4 heteroatoms. The monoisotopic (exact) mass is 281 g/mol. The highest BCUT2D eigenvalue weighted by molar-refractivity contribution is 9.10. The first-order valence-electron chi connectivity index (χ1n) is 5.91. The molecule has 2 aliphatic carbocycles. The van der Waals surface area contributed by atoms with Crippen LogP contribution < -0.4 is 11.1 Å². The van der Waals surface area contributed by atoms with Gasteiger partial charge in [0.25, 0.3) is 0 Å².